The molecule has 4 aromatic carbocycles. The second-order valence-electron chi connectivity index (χ2n) is 8.18. The van der Waals surface area contributed by atoms with Crippen molar-refractivity contribution < 1.29 is 19.4 Å². The molecule has 1 amide bonds. The van der Waals surface area contributed by atoms with Gasteiger partial charge in [-0.3, -0.25) is 4.79 Å². The SMILES string of the molecule is CCOc1cc(/C=N\NC(=O)C(O)(c2ccccc2)c2ccccc2)cc(Cl)c1OCc1ccccc1. The Hall–Kier alpha value is -4.13. The largest absolute Gasteiger partial charge is 0.490 e. The van der Waals surface area contributed by atoms with Crippen molar-refractivity contribution in [2.75, 3.05) is 6.61 Å². The van der Waals surface area contributed by atoms with Crippen LogP contribution in [0.5, 0.6) is 11.5 Å². The van der Waals surface area contributed by atoms with Gasteiger partial charge in [0.1, 0.15) is 6.61 Å². The zero-order valence-corrected chi connectivity index (χ0v) is 21.1. The molecule has 0 aliphatic rings. The third kappa shape index (κ3) is 6.17. The number of carbonyl (C=O) groups is 1. The van der Waals surface area contributed by atoms with Gasteiger partial charge in [0.25, 0.3) is 5.91 Å². The summed E-state index contributed by atoms with van der Waals surface area (Å²) in [5.41, 5.74) is 2.98. The summed E-state index contributed by atoms with van der Waals surface area (Å²) in [5.74, 6) is 0.194. The fourth-order valence-electron chi connectivity index (χ4n) is 3.83. The first kappa shape index (κ1) is 25.9. The van der Waals surface area contributed by atoms with Gasteiger partial charge < -0.3 is 14.6 Å². The van der Waals surface area contributed by atoms with Crippen LogP contribution < -0.4 is 14.9 Å². The maximum atomic E-state index is 13.2. The van der Waals surface area contributed by atoms with Crippen molar-refractivity contribution in [1.82, 2.24) is 5.43 Å². The fourth-order valence-corrected chi connectivity index (χ4v) is 4.10. The van der Waals surface area contributed by atoms with Gasteiger partial charge in [0.15, 0.2) is 17.1 Å². The van der Waals surface area contributed by atoms with E-state index in [1.54, 1.807) is 60.7 Å². The highest BCUT2D eigenvalue weighted by Gasteiger charge is 2.39. The number of benzene rings is 4. The quantitative estimate of drug-likeness (QED) is 0.210. The molecule has 0 atom stereocenters. The minimum atomic E-state index is -1.93. The molecule has 0 saturated heterocycles. The Morgan fingerprint density at radius 3 is 2.05 bits per heavy atom. The first-order valence-corrected chi connectivity index (χ1v) is 12.2. The normalized spacial score (nSPS) is 11.3. The summed E-state index contributed by atoms with van der Waals surface area (Å²) in [7, 11) is 0. The minimum absolute atomic E-state index is 0.335. The number of ether oxygens (including phenoxy) is 2. The van der Waals surface area contributed by atoms with Gasteiger partial charge in [-0.05, 0) is 41.3 Å². The van der Waals surface area contributed by atoms with Crippen LogP contribution in [-0.2, 0) is 17.0 Å². The molecule has 0 bridgehead atoms. The van der Waals surface area contributed by atoms with Crippen LogP contribution in [-0.4, -0.2) is 23.8 Å². The second-order valence-corrected chi connectivity index (χ2v) is 8.59. The molecule has 4 aromatic rings. The molecule has 0 saturated carbocycles. The lowest BCUT2D eigenvalue weighted by Crippen LogP contribution is -2.43. The van der Waals surface area contributed by atoms with E-state index in [-0.39, 0.29) is 0 Å². The highest BCUT2D eigenvalue weighted by molar-refractivity contribution is 6.32. The molecule has 7 heteroatoms. The molecule has 4 rings (SSSR count). The van der Waals surface area contributed by atoms with Gasteiger partial charge in [0.05, 0.1) is 17.8 Å². The third-order valence-corrected chi connectivity index (χ3v) is 5.93. The summed E-state index contributed by atoms with van der Waals surface area (Å²) in [6, 6.07) is 30.6. The zero-order chi connectivity index (χ0) is 26.1. The molecule has 0 fully saturated rings. The lowest BCUT2D eigenvalue weighted by atomic mass is 9.85. The summed E-state index contributed by atoms with van der Waals surface area (Å²) >= 11 is 6.52. The number of hydrazone groups is 1. The number of carbonyl (C=O) groups excluding carboxylic acids is 1. The summed E-state index contributed by atoms with van der Waals surface area (Å²) in [5, 5.41) is 16.0. The summed E-state index contributed by atoms with van der Waals surface area (Å²) in [6.45, 7) is 2.61. The Kier molecular flexibility index (Phi) is 8.56. The second kappa shape index (κ2) is 12.2. The van der Waals surface area contributed by atoms with Gasteiger partial charge in [-0.25, -0.2) is 5.43 Å². The van der Waals surface area contributed by atoms with E-state index < -0.39 is 11.5 Å². The van der Waals surface area contributed by atoms with Gasteiger partial charge in [0.2, 0.25) is 0 Å². The number of rotatable bonds is 10. The molecule has 0 spiro atoms. The fraction of sp³-hybridized carbons (Fsp3) is 0.133. The molecule has 188 valence electrons. The molecule has 2 N–H and O–H groups in total. The minimum Gasteiger partial charge on any atom is -0.490 e. The molecule has 6 nitrogen and oxygen atoms in total. The van der Waals surface area contributed by atoms with Crippen molar-refractivity contribution >= 4 is 23.7 Å². The molecule has 0 heterocycles. The van der Waals surface area contributed by atoms with Gasteiger partial charge in [-0.15, -0.1) is 0 Å². The highest BCUT2D eigenvalue weighted by atomic mass is 35.5. The van der Waals surface area contributed by atoms with Crippen LogP contribution >= 0.6 is 11.6 Å². The van der Waals surface area contributed by atoms with E-state index in [0.29, 0.717) is 46.4 Å². The smallest absolute Gasteiger partial charge is 0.281 e. The molecular formula is C30H27ClN2O4. The third-order valence-electron chi connectivity index (χ3n) is 5.65. The van der Waals surface area contributed by atoms with Gasteiger partial charge in [0, 0.05) is 0 Å². The Labute approximate surface area is 221 Å². The Morgan fingerprint density at radius 2 is 1.49 bits per heavy atom. The summed E-state index contributed by atoms with van der Waals surface area (Å²) in [4.78, 5) is 13.2. The van der Waals surface area contributed by atoms with Gasteiger partial charge >= 0.3 is 0 Å². The van der Waals surface area contributed by atoms with Crippen molar-refractivity contribution in [3.63, 3.8) is 0 Å². The number of hydrogen-bond acceptors (Lipinski definition) is 5. The number of amides is 1. The molecule has 0 aliphatic heterocycles. The average Bonchev–Trinajstić information content (AvgIpc) is 2.94. The van der Waals surface area contributed by atoms with Crippen molar-refractivity contribution in [2.45, 2.75) is 19.1 Å². The van der Waals surface area contributed by atoms with E-state index >= 15 is 0 Å². The van der Waals surface area contributed by atoms with Crippen LogP contribution in [0.15, 0.2) is 108 Å². The number of nitrogens with one attached hydrogen (secondary N) is 1. The van der Waals surface area contributed by atoms with E-state index in [0.717, 1.165) is 5.56 Å². The lowest BCUT2D eigenvalue weighted by molar-refractivity contribution is -0.136. The predicted molar refractivity (Wildman–Crippen MR) is 145 cm³/mol. The first-order chi connectivity index (χ1) is 18.0. The van der Waals surface area contributed by atoms with E-state index in [9.17, 15) is 9.90 Å². The van der Waals surface area contributed by atoms with Crippen molar-refractivity contribution in [2.24, 2.45) is 5.10 Å². The first-order valence-electron chi connectivity index (χ1n) is 11.8. The predicted octanol–water partition coefficient (Wildman–Crippen LogP) is 5.70. The topological polar surface area (TPSA) is 80.2 Å². The van der Waals surface area contributed by atoms with Crippen LogP contribution in [0.3, 0.4) is 0 Å². The number of hydrogen-bond donors (Lipinski definition) is 2. The molecule has 37 heavy (non-hydrogen) atoms. The van der Waals surface area contributed by atoms with Crippen LogP contribution in [0.1, 0.15) is 29.2 Å². The zero-order valence-electron chi connectivity index (χ0n) is 20.3. The maximum Gasteiger partial charge on any atom is 0.281 e. The lowest BCUT2D eigenvalue weighted by Gasteiger charge is -2.27. The standard InChI is InChI=1S/C30H27ClN2O4/c1-2-36-27-19-23(18-26(31)28(27)37-21-22-12-6-3-7-13-22)20-32-33-29(34)30(35,24-14-8-4-9-15-24)25-16-10-5-11-17-25/h3-20,35H,2,21H2,1H3,(H,33,34)/b32-20-. The van der Waals surface area contributed by atoms with Gasteiger partial charge in [-0.1, -0.05) is 103 Å². The maximum absolute atomic E-state index is 13.2. The van der Waals surface area contributed by atoms with Gasteiger partial charge in [-0.2, -0.15) is 5.10 Å². The van der Waals surface area contributed by atoms with E-state index in [1.807, 2.05) is 49.4 Å². The van der Waals surface area contributed by atoms with E-state index in [4.69, 9.17) is 21.1 Å². The number of halogens is 1. The number of aliphatic hydroxyl groups is 1. The van der Waals surface area contributed by atoms with E-state index in [2.05, 4.69) is 10.5 Å². The van der Waals surface area contributed by atoms with Crippen LogP contribution in [0.2, 0.25) is 5.02 Å². The molecule has 0 unspecified atom stereocenters. The molecule has 0 radical (unpaired) electrons. The monoisotopic (exact) mass is 514 g/mol. The van der Waals surface area contributed by atoms with Crippen molar-refractivity contribution in [1.29, 1.82) is 0 Å². The summed E-state index contributed by atoms with van der Waals surface area (Å²) in [6.07, 6.45) is 1.43. The molecule has 0 aromatic heterocycles. The summed E-state index contributed by atoms with van der Waals surface area (Å²) < 4.78 is 11.7. The van der Waals surface area contributed by atoms with Crippen molar-refractivity contribution in [3.05, 3.63) is 130 Å². The van der Waals surface area contributed by atoms with Crippen LogP contribution in [0, 0.1) is 0 Å². The van der Waals surface area contributed by atoms with E-state index in [1.165, 1.54) is 6.21 Å². The Morgan fingerprint density at radius 1 is 0.919 bits per heavy atom. The van der Waals surface area contributed by atoms with Crippen molar-refractivity contribution in [3.8, 4) is 11.5 Å². The molecule has 0 aliphatic carbocycles. The van der Waals surface area contributed by atoms with Crippen LogP contribution in [0.4, 0.5) is 0 Å². The average molecular weight is 515 g/mol. The molecular weight excluding hydrogens is 488 g/mol. The number of nitrogens with zero attached hydrogens (tertiary/aromatic N) is 1. The van der Waals surface area contributed by atoms with Crippen LogP contribution in [0.25, 0.3) is 0 Å². The Balaban J connectivity index is 1.54. The highest BCUT2D eigenvalue weighted by Crippen LogP contribution is 2.37. The Bertz CT molecular complexity index is 1310.